The maximum Gasteiger partial charge on any atom is 0.425 e. The maximum atomic E-state index is 12.0. The van der Waals surface area contributed by atoms with Crippen LogP contribution in [0.3, 0.4) is 0 Å². The zero-order valence-corrected chi connectivity index (χ0v) is 7.91. The van der Waals surface area contributed by atoms with Crippen molar-refractivity contribution in [3.05, 3.63) is 35.9 Å². The molecule has 0 spiro atoms. The Labute approximate surface area is 84.7 Å². The molecule has 15 heavy (non-hydrogen) atoms. The third-order valence-corrected chi connectivity index (χ3v) is 1.75. The summed E-state index contributed by atoms with van der Waals surface area (Å²) in [6.45, 7) is 0.792. The molecule has 82 valence electrons. The highest BCUT2D eigenvalue weighted by molar-refractivity contribution is 5.89. The summed E-state index contributed by atoms with van der Waals surface area (Å²) in [4.78, 5) is 11.2. The molecule has 1 atom stereocenters. The van der Waals surface area contributed by atoms with Gasteiger partial charge < -0.3 is 4.74 Å². The normalized spacial score (nSPS) is 13.3. The molecule has 0 heterocycles. The van der Waals surface area contributed by atoms with Gasteiger partial charge in [-0.1, -0.05) is 18.2 Å². The molecule has 0 aromatic heterocycles. The molecule has 0 fully saturated rings. The van der Waals surface area contributed by atoms with Crippen LogP contribution in [-0.4, -0.2) is 18.2 Å². The SMILES string of the molecule is CC(OC(=O)c1ccccc1)C(F)(F)F. The molecule has 1 unspecified atom stereocenters. The molecule has 5 heteroatoms. The molecule has 2 nitrogen and oxygen atoms in total. The largest absolute Gasteiger partial charge is 0.449 e. The van der Waals surface area contributed by atoms with Crippen LogP contribution in [0.15, 0.2) is 30.3 Å². The van der Waals surface area contributed by atoms with E-state index >= 15 is 0 Å². The molecular formula is C10H9F3O2. The third kappa shape index (κ3) is 3.27. The molecule has 1 aromatic carbocycles. The van der Waals surface area contributed by atoms with Gasteiger partial charge in [-0.2, -0.15) is 13.2 Å². The zero-order chi connectivity index (χ0) is 11.5. The number of alkyl halides is 3. The van der Waals surface area contributed by atoms with Crippen LogP contribution in [0.4, 0.5) is 13.2 Å². The fraction of sp³-hybridized carbons (Fsp3) is 0.300. The fourth-order valence-corrected chi connectivity index (χ4v) is 0.870. The van der Waals surface area contributed by atoms with E-state index in [1.54, 1.807) is 18.2 Å². The van der Waals surface area contributed by atoms with E-state index in [1.165, 1.54) is 12.1 Å². The van der Waals surface area contributed by atoms with Crippen molar-refractivity contribution >= 4 is 5.97 Å². The van der Waals surface area contributed by atoms with Crippen molar-refractivity contribution < 1.29 is 22.7 Å². The number of benzene rings is 1. The molecular weight excluding hydrogens is 209 g/mol. The number of halogens is 3. The second kappa shape index (κ2) is 4.33. The highest BCUT2D eigenvalue weighted by Crippen LogP contribution is 2.23. The van der Waals surface area contributed by atoms with Crippen molar-refractivity contribution in [1.29, 1.82) is 0 Å². The Balaban J connectivity index is 2.65. The van der Waals surface area contributed by atoms with Gasteiger partial charge in [-0.15, -0.1) is 0 Å². The Kier molecular flexibility index (Phi) is 3.34. The molecule has 1 rings (SSSR count). The first kappa shape index (κ1) is 11.6. The van der Waals surface area contributed by atoms with Crippen LogP contribution in [0.5, 0.6) is 0 Å². The molecule has 0 saturated heterocycles. The lowest BCUT2D eigenvalue weighted by atomic mass is 10.2. The summed E-state index contributed by atoms with van der Waals surface area (Å²) in [5.74, 6) is -0.972. The molecule has 0 aliphatic rings. The van der Waals surface area contributed by atoms with E-state index < -0.39 is 18.2 Å². The minimum absolute atomic E-state index is 0.105. The summed E-state index contributed by atoms with van der Waals surface area (Å²) < 4.78 is 40.4. The second-order valence-electron chi connectivity index (χ2n) is 2.96. The smallest absolute Gasteiger partial charge is 0.425 e. The number of hydrogen-bond acceptors (Lipinski definition) is 2. The zero-order valence-electron chi connectivity index (χ0n) is 7.91. The lowest BCUT2D eigenvalue weighted by Gasteiger charge is -2.16. The Morgan fingerprint density at radius 2 is 1.80 bits per heavy atom. The van der Waals surface area contributed by atoms with Gasteiger partial charge in [0.05, 0.1) is 5.56 Å². The van der Waals surface area contributed by atoms with E-state index in [1.807, 2.05) is 0 Å². The maximum absolute atomic E-state index is 12.0. The van der Waals surface area contributed by atoms with Crippen molar-refractivity contribution in [2.45, 2.75) is 19.2 Å². The van der Waals surface area contributed by atoms with E-state index in [2.05, 4.69) is 4.74 Å². The molecule has 0 bridgehead atoms. The minimum Gasteiger partial charge on any atom is -0.449 e. The standard InChI is InChI=1S/C10H9F3O2/c1-7(10(11,12)13)15-9(14)8-5-3-2-4-6-8/h2-7H,1H3. The Bertz CT molecular complexity index is 332. The number of ether oxygens (including phenoxy) is 1. The number of rotatable bonds is 2. The minimum atomic E-state index is -4.52. The molecule has 0 aliphatic heterocycles. The average Bonchev–Trinajstić information content (AvgIpc) is 2.17. The van der Waals surface area contributed by atoms with Gasteiger partial charge in [0.1, 0.15) is 0 Å². The Morgan fingerprint density at radius 3 is 2.27 bits per heavy atom. The molecule has 0 amide bonds. The van der Waals surface area contributed by atoms with E-state index in [4.69, 9.17) is 0 Å². The fourth-order valence-electron chi connectivity index (χ4n) is 0.870. The quantitative estimate of drug-likeness (QED) is 0.713. The lowest BCUT2D eigenvalue weighted by Crippen LogP contribution is -2.30. The van der Waals surface area contributed by atoms with Crippen LogP contribution in [0, 0.1) is 0 Å². The summed E-state index contributed by atoms with van der Waals surface area (Å²) in [5, 5.41) is 0. The van der Waals surface area contributed by atoms with Crippen LogP contribution in [0.25, 0.3) is 0 Å². The van der Waals surface area contributed by atoms with Crippen LogP contribution in [0.1, 0.15) is 17.3 Å². The summed E-state index contributed by atoms with van der Waals surface area (Å²) in [6.07, 6.45) is -6.62. The summed E-state index contributed by atoms with van der Waals surface area (Å²) in [5.41, 5.74) is 0.105. The first-order chi connectivity index (χ1) is 6.91. The van der Waals surface area contributed by atoms with Crippen LogP contribution >= 0.6 is 0 Å². The van der Waals surface area contributed by atoms with E-state index in [-0.39, 0.29) is 5.56 Å². The highest BCUT2D eigenvalue weighted by atomic mass is 19.4. The van der Waals surface area contributed by atoms with E-state index in [0.29, 0.717) is 0 Å². The van der Waals surface area contributed by atoms with Crippen molar-refractivity contribution in [3.63, 3.8) is 0 Å². The lowest BCUT2D eigenvalue weighted by molar-refractivity contribution is -0.198. The highest BCUT2D eigenvalue weighted by Gasteiger charge is 2.39. The number of carbonyl (C=O) groups is 1. The first-order valence-corrected chi connectivity index (χ1v) is 4.24. The number of carbonyl (C=O) groups excluding carboxylic acids is 1. The van der Waals surface area contributed by atoms with Crippen molar-refractivity contribution in [2.75, 3.05) is 0 Å². The Hall–Kier alpha value is -1.52. The van der Waals surface area contributed by atoms with Gasteiger partial charge in [0.15, 0.2) is 6.10 Å². The summed E-state index contributed by atoms with van der Waals surface area (Å²) >= 11 is 0. The van der Waals surface area contributed by atoms with Crippen molar-refractivity contribution in [2.24, 2.45) is 0 Å². The van der Waals surface area contributed by atoms with Gasteiger partial charge in [-0.3, -0.25) is 0 Å². The van der Waals surface area contributed by atoms with Crippen LogP contribution in [-0.2, 0) is 4.74 Å². The third-order valence-electron chi connectivity index (χ3n) is 1.75. The van der Waals surface area contributed by atoms with Gasteiger partial charge in [-0.25, -0.2) is 4.79 Å². The van der Waals surface area contributed by atoms with Gasteiger partial charge in [0.2, 0.25) is 0 Å². The van der Waals surface area contributed by atoms with Crippen LogP contribution < -0.4 is 0 Å². The first-order valence-electron chi connectivity index (χ1n) is 4.24. The van der Waals surface area contributed by atoms with E-state index in [9.17, 15) is 18.0 Å². The predicted molar refractivity (Wildman–Crippen MR) is 47.4 cm³/mol. The predicted octanol–water partition coefficient (Wildman–Crippen LogP) is 2.79. The topological polar surface area (TPSA) is 26.3 Å². The van der Waals surface area contributed by atoms with Crippen LogP contribution in [0.2, 0.25) is 0 Å². The molecule has 0 saturated carbocycles. The van der Waals surface area contributed by atoms with Gasteiger partial charge in [-0.05, 0) is 19.1 Å². The summed E-state index contributed by atoms with van der Waals surface area (Å²) in [6, 6.07) is 7.55. The number of hydrogen-bond donors (Lipinski definition) is 0. The molecule has 1 aromatic rings. The monoisotopic (exact) mass is 218 g/mol. The van der Waals surface area contributed by atoms with Crippen molar-refractivity contribution in [3.8, 4) is 0 Å². The molecule has 0 N–H and O–H groups in total. The molecule has 0 aliphatic carbocycles. The average molecular weight is 218 g/mol. The van der Waals surface area contributed by atoms with Crippen molar-refractivity contribution in [1.82, 2.24) is 0 Å². The number of esters is 1. The molecule has 0 radical (unpaired) electrons. The van der Waals surface area contributed by atoms with Gasteiger partial charge in [0.25, 0.3) is 0 Å². The van der Waals surface area contributed by atoms with Gasteiger partial charge >= 0.3 is 12.1 Å². The Morgan fingerprint density at radius 1 is 1.27 bits per heavy atom. The van der Waals surface area contributed by atoms with Gasteiger partial charge in [0, 0.05) is 0 Å². The van der Waals surface area contributed by atoms with E-state index in [0.717, 1.165) is 6.92 Å². The summed E-state index contributed by atoms with van der Waals surface area (Å²) in [7, 11) is 0. The second-order valence-corrected chi connectivity index (χ2v) is 2.96.